The van der Waals surface area contributed by atoms with Crippen LogP contribution in [0.4, 0.5) is 11.4 Å². The summed E-state index contributed by atoms with van der Waals surface area (Å²) in [6.45, 7) is 11.9. The normalized spacial score (nSPS) is 18.3. The molecule has 0 aromatic heterocycles. The monoisotopic (exact) mass is 751 g/mol. The predicted octanol–water partition coefficient (Wildman–Crippen LogP) is 4.06. The number of carbonyl (C=O) groups excluding carboxylic acids is 3. The number of nitrogens with one attached hydrogen (secondary N) is 1. The van der Waals surface area contributed by atoms with Gasteiger partial charge in [-0.25, -0.2) is 8.42 Å². The predicted molar refractivity (Wildman–Crippen MR) is 192 cm³/mol. The van der Waals surface area contributed by atoms with E-state index in [-0.39, 0.29) is 35.7 Å². The standard InChI is InChI=1S/C37H44N4O9S2/c1-6-39-29-17-15-26(52(46,47)48)24-28(29)37(4,5)31(39)11-10-12-32-36(2,3)27-23-25(51-50-49-45)14-16-30(27)40(32)21-9-7-8-13-33(42)38-20-22-41-34(43)18-19-35(41)44/h10-12,14-19,23-24H,6-9,13,20-22H2,1-5H3,(H2-,38,42,45,46,47,48)/p-1. The number of hydrogen-bond acceptors (Lipinski definition) is 11. The molecule has 2 aromatic rings. The number of nitrogens with zero attached hydrogens (tertiary/aromatic N) is 3. The van der Waals surface area contributed by atoms with E-state index in [0.29, 0.717) is 30.8 Å². The number of likely N-dealkylation sites (N-methyl/N-ethyl adjacent to an activating group) is 1. The molecule has 15 heteroatoms. The Labute approximate surface area is 308 Å². The molecule has 3 aliphatic rings. The topological polar surface area (TPSA) is 171 Å². The molecule has 0 radical (unpaired) electrons. The van der Waals surface area contributed by atoms with Crippen LogP contribution in [0.1, 0.15) is 71.4 Å². The number of carbonyl (C=O) groups is 3. The smallest absolute Gasteiger partial charge is 0.253 e. The van der Waals surface area contributed by atoms with Crippen LogP contribution in [0.15, 0.2) is 82.3 Å². The molecule has 0 atom stereocenters. The van der Waals surface area contributed by atoms with E-state index in [2.05, 4.69) is 44.1 Å². The number of allylic oxidation sites excluding steroid dienone is 4. The van der Waals surface area contributed by atoms with Crippen LogP contribution in [0, 0.1) is 0 Å². The Morgan fingerprint density at radius 1 is 0.981 bits per heavy atom. The number of amides is 3. The molecule has 3 aliphatic heterocycles. The number of imide groups is 1. The summed E-state index contributed by atoms with van der Waals surface area (Å²) in [5, 5.41) is 16.8. The van der Waals surface area contributed by atoms with Gasteiger partial charge in [0.15, 0.2) is 5.71 Å². The first kappa shape index (κ1) is 39.1. The summed E-state index contributed by atoms with van der Waals surface area (Å²) >= 11 is 0.833. The molecule has 3 amide bonds. The van der Waals surface area contributed by atoms with E-state index in [1.807, 2.05) is 51.1 Å². The van der Waals surface area contributed by atoms with Crippen molar-refractivity contribution in [2.45, 2.75) is 80.9 Å². The second-order valence-electron chi connectivity index (χ2n) is 13.8. The van der Waals surface area contributed by atoms with Crippen molar-refractivity contribution in [3.63, 3.8) is 0 Å². The summed E-state index contributed by atoms with van der Waals surface area (Å²) in [4.78, 5) is 39.5. The lowest BCUT2D eigenvalue weighted by atomic mass is 9.81. The average Bonchev–Trinajstić information content (AvgIpc) is 3.61. The lowest BCUT2D eigenvalue weighted by Gasteiger charge is -2.25. The second-order valence-corrected chi connectivity index (χ2v) is 15.9. The highest BCUT2D eigenvalue weighted by Crippen LogP contribution is 2.48. The fraction of sp³-hybridized carbons (Fsp3) is 0.405. The van der Waals surface area contributed by atoms with Gasteiger partial charge in [0.1, 0.15) is 16.7 Å². The Balaban J connectivity index is 1.32. The zero-order valence-electron chi connectivity index (χ0n) is 29.8. The Kier molecular flexibility index (Phi) is 11.9. The van der Waals surface area contributed by atoms with Crippen molar-refractivity contribution >= 4 is 57.0 Å². The van der Waals surface area contributed by atoms with Crippen LogP contribution in [-0.4, -0.2) is 72.1 Å². The van der Waals surface area contributed by atoms with Crippen LogP contribution in [-0.2, 0) is 44.7 Å². The van der Waals surface area contributed by atoms with Gasteiger partial charge >= 0.3 is 0 Å². The molecule has 278 valence electrons. The summed E-state index contributed by atoms with van der Waals surface area (Å²) < 4.78 is 42.3. The summed E-state index contributed by atoms with van der Waals surface area (Å²) in [6, 6.07) is 10.4. The van der Waals surface area contributed by atoms with Gasteiger partial charge in [0.2, 0.25) is 11.6 Å². The first-order valence-electron chi connectivity index (χ1n) is 17.1. The Bertz CT molecular complexity index is 1970. The third kappa shape index (κ3) is 8.09. The molecule has 5 rings (SSSR count). The highest BCUT2D eigenvalue weighted by Gasteiger charge is 2.45. The van der Waals surface area contributed by atoms with Gasteiger partial charge in [0.25, 0.3) is 11.8 Å². The van der Waals surface area contributed by atoms with Crippen LogP contribution < -0.4 is 15.5 Å². The van der Waals surface area contributed by atoms with Crippen molar-refractivity contribution < 1.29 is 46.6 Å². The van der Waals surface area contributed by atoms with E-state index in [4.69, 9.17) is 0 Å². The maximum absolute atomic E-state index is 12.4. The molecule has 0 unspecified atom stereocenters. The first-order chi connectivity index (χ1) is 24.6. The van der Waals surface area contributed by atoms with Gasteiger partial charge < -0.3 is 20.0 Å². The van der Waals surface area contributed by atoms with Gasteiger partial charge in [0.05, 0.1) is 22.4 Å². The molecule has 0 bridgehead atoms. The zero-order valence-corrected chi connectivity index (χ0v) is 31.5. The number of hydrogen-bond donors (Lipinski definition) is 1. The Morgan fingerprint density at radius 3 is 2.38 bits per heavy atom. The average molecular weight is 752 g/mol. The molecular formula is C37H43N4O9S2-. The van der Waals surface area contributed by atoms with Crippen molar-refractivity contribution in [3.05, 3.63) is 83.6 Å². The first-order valence-corrected chi connectivity index (χ1v) is 19.3. The van der Waals surface area contributed by atoms with Crippen molar-refractivity contribution in [1.82, 2.24) is 10.2 Å². The fourth-order valence-corrected chi connectivity index (χ4v) is 8.05. The van der Waals surface area contributed by atoms with Gasteiger partial charge in [-0.1, -0.05) is 19.9 Å². The molecule has 0 aliphatic carbocycles. The molecule has 52 heavy (non-hydrogen) atoms. The third-order valence-corrected chi connectivity index (χ3v) is 11.2. The van der Waals surface area contributed by atoms with Crippen molar-refractivity contribution in [2.75, 3.05) is 31.1 Å². The van der Waals surface area contributed by atoms with Gasteiger partial charge in [-0.3, -0.25) is 24.3 Å². The van der Waals surface area contributed by atoms with Crippen LogP contribution in [0.25, 0.3) is 0 Å². The minimum atomic E-state index is -4.61. The lowest BCUT2D eigenvalue weighted by Crippen LogP contribution is -2.38. The maximum atomic E-state index is 12.4. The number of rotatable bonds is 16. The SMILES string of the molecule is CCN1/C(=C/C=C/C2=[N+](CCCCCC(=O)NCCN3C(=O)C=CC3=O)c3ccc(SOO[O-])cc3C2(C)C)C(C)(C)c2cc(S(=O)(=O)[O-])ccc21. The number of anilines is 1. The molecular weight excluding hydrogens is 709 g/mol. The Morgan fingerprint density at radius 2 is 1.71 bits per heavy atom. The lowest BCUT2D eigenvalue weighted by molar-refractivity contribution is -0.777. The van der Waals surface area contributed by atoms with E-state index in [0.717, 1.165) is 63.7 Å². The third-order valence-electron chi connectivity index (χ3n) is 9.84. The van der Waals surface area contributed by atoms with E-state index in [9.17, 15) is 32.6 Å². The molecule has 13 nitrogen and oxygen atoms in total. The summed E-state index contributed by atoms with van der Waals surface area (Å²) in [5.74, 6) is -0.889. The Hall–Kier alpha value is -4.12. The zero-order chi connectivity index (χ0) is 37.8. The van der Waals surface area contributed by atoms with Crippen LogP contribution in [0.5, 0.6) is 0 Å². The molecule has 0 fully saturated rings. The molecule has 0 saturated heterocycles. The summed E-state index contributed by atoms with van der Waals surface area (Å²) in [6.07, 6.45) is 11.1. The molecule has 1 N–H and O–H groups in total. The van der Waals surface area contributed by atoms with Gasteiger partial charge in [0, 0.05) is 84.0 Å². The molecule has 2 aromatic carbocycles. The van der Waals surface area contributed by atoms with E-state index in [1.54, 1.807) is 6.07 Å². The number of unbranched alkanes of at least 4 members (excludes halogenated alkanes) is 2. The van der Waals surface area contributed by atoms with E-state index in [1.165, 1.54) is 24.3 Å². The van der Waals surface area contributed by atoms with Gasteiger partial charge in [-0.05, 0) is 75.6 Å². The van der Waals surface area contributed by atoms with Gasteiger partial charge in [-0.2, -0.15) is 8.91 Å². The second kappa shape index (κ2) is 15.9. The number of fused-ring (bicyclic) bond motifs is 2. The highest BCUT2D eigenvalue weighted by molar-refractivity contribution is 7.94. The van der Waals surface area contributed by atoms with Crippen LogP contribution in [0.2, 0.25) is 0 Å². The summed E-state index contributed by atoms with van der Waals surface area (Å²) in [7, 11) is -4.61. The van der Waals surface area contributed by atoms with Crippen LogP contribution >= 0.6 is 12.0 Å². The van der Waals surface area contributed by atoms with Crippen molar-refractivity contribution in [1.29, 1.82) is 0 Å². The van der Waals surface area contributed by atoms with Gasteiger partial charge in [-0.15, -0.1) is 0 Å². The van der Waals surface area contributed by atoms with E-state index < -0.39 is 20.9 Å². The molecule has 3 heterocycles. The van der Waals surface area contributed by atoms with Crippen molar-refractivity contribution in [3.8, 4) is 0 Å². The summed E-state index contributed by atoms with van der Waals surface area (Å²) in [5.41, 5.74) is 4.67. The molecule has 0 spiro atoms. The van der Waals surface area contributed by atoms with Crippen molar-refractivity contribution in [2.24, 2.45) is 0 Å². The number of benzene rings is 2. The maximum Gasteiger partial charge on any atom is 0.253 e. The highest BCUT2D eigenvalue weighted by atomic mass is 32.2. The minimum absolute atomic E-state index is 0.132. The molecule has 0 saturated carbocycles. The van der Waals surface area contributed by atoms with E-state index >= 15 is 0 Å². The minimum Gasteiger partial charge on any atom is -0.744 e. The largest absolute Gasteiger partial charge is 0.744 e. The quantitative estimate of drug-likeness (QED) is 0.0499. The fourth-order valence-electron chi connectivity index (χ4n) is 7.16. The van der Waals surface area contributed by atoms with Crippen LogP contribution in [0.3, 0.4) is 0 Å².